The van der Waals surface area contributed by atoms with E-state index < -0.39 is 0 Å². The van der Waals surface area contributed by atoms with Crippen molar-refractivity contribution in [1.82, 2.24) is 4.98 Å². The first-order valence-electron chi connectivity index (χ1n) is 5.12. The second-order valence-corrected chi connectivity index (χ2v) is 3.68. The highest BCUT2D eigenvalue weighted by Gasteiger charge is 2.11. The van der Waals surface area contributed by atoms with Crippen molar-refractivity contribution in [2.24, 2.45) is 0 Å². The Morgan fingerprint density at radius 3 is 3.24 bits per heavy atom. The smallest absolute Gasteiger partial charge is 0.303 e. The van der Waals surface area contributed by atoms with Gasteiger partial charge in [0.25, 0.3) is 0 Å². The van der Waals surface area contributed by atoms with E-state index in [-0.39, 0.29) is 12.6 Å². The Labute approximate surface area is 96.0 Å². The molecule has 0 saturated carbocycles. The lowest BCUT2D eigenvalue weighted by molar-refractivity contribution is -0.142. The van der Waals surface area contributed by atoms with Gasteiger partial charge in [0.05, 0.1) is 11.6 Å². The number of furan rings is 2. The number of esters is 1. The summed E-state index contributed by atoms with van der Waals surface area (Å²) in [5.41, 5.74) is 1.21. The zero-order valence-corrected chi connectivity index (χ0v) is 9.10. The first-order valence-corrected chi connectivity index (χ1v) is 5.12. The van der Waals surface area contributed by atoms with Crippen LogP contribution in [0.4, 0.5) is 0 Å². The summed E-state index contributed by atoms with van der Waals surface area (Å²) in [6.07, 6.45) is 3.28. The Morgan fingerprint density at radius 1 is 1.53 bits per heavy atom. The molecule has 5 heteroatoms. The maximum atomic E-state index is 10.7. The molecule has 0 bridgehead atoms. The number of carbonyl (C=O) groups is 1. The molecule has 86 valence electrons. The molecule has 0 N–H and O–H groups in total. The number of hydrogen-bond donors (Lipinski definition) is 0. The quantitative estimate of drug-likeness (QED) is 0.634. The molecule has 0 saturated heterocycles. The van der Waals surface area contributed by atoms with Gasteiger partial charge in [0.15, 0.2) is 0 Å². The lowest BCUT2D eigenvalue weighted by Gasteiger charge is -1.95. The summed E-state index contributed by atoms with van der Waals surface area (Å²) in [6, 6.07) is 3.61. The van der Waals surface area contributed by atoms with Crippen molar-refractivity contribution < 1.29 is 18.4 Å². The zero-order valence-electron chi connectivity index (χ0n) is 9.10. The first kappa shape index (κ1) is 9.89. The minimum absolute atomic E-state index is 0.105. The van der Waals surface area contributed by atoms with Gasteiger partial charge >= 0.3 is 5.97 Å². The summed E-state index contributed by atoms with van der Waals surface area (Å²) in [5, 5.41) is 1.70. The largest absolute Gasteiger partial charge is 0.463 e. The molecule has 3 rings (SSSR count). The molecule has 0 aliphatic carbocycles. The van der Waals surface area contributed by atoms with Crippen LogP contribution in [-0.4, -0.2) is 11.0 Å². The topological polar surface area (TPSA) is 65.5 Å². The van der Waals surface area contributed by atoms with Gasteiger partial charge in [0.1, 0.15) is 18.0 Å². The van der Waals surface area contributed by atoms with Gasteiger partial charge in [-0.25, -0.2) is 4.98 Å². The second-order valence-electron chi connectivity index (χ2n) is 3.68. The molecule has 3 heterocycles. The third-order valence-electron chi connectivity index (χ3n) is 2.44. The third-order valence-corrected chi connectivity index (χ3v) is 2.44. The van der Waals surface area contributed by atoms with Crippen LogP contribution in [0.3, 0.4) is 0 Å². The van der Waals surface area contributed by atoms with Crippen LogP contribution < -0.4 is 0 Å². The Morgan fingerprint density at radius 2 is 2.41 bits per heavy atom. The van der Waals surface area contributed by atoms with Gasteiger partial charge < -0.3 is 13.6 Å². The van der Waals surface area contributed by atoms with E-state index in [9.17, 15) is 4.79 Å². The maximum absolute atomic E-state index is 10.7. The van der Waals surface area contributed by atoms with Crippen LogP contribution in [-0.2, 0) is 16.1 Å². The summed E-state index contributed by atoms with van der Waals surface area (Å²) in [4.78, 5) is 14.9. The zero-order chi connectivity index (χ0) is 11.8. The molecule has 0 aliphatic heterocycles. The van der Waals surface area contributed by atoms with Crippen LogP contribution >= 0.6 is 0 Å². The van der Waals surface area contributed by atoms with Gasteiger partial charge in [-0.3, -0.25) is 4.79 Å². The number of rotatable bonds is 2. The SMILES string of the molecule is CC(=O)OCc1cc2c(ncc3ccoc32)o1. The van der Waals surface area contributed by atoms with Crippen molar-refractivity contribution in [3.05, 3.63) is 30.4 Å². The Balaban J connectivity index is 2.08. The number of pyridine rings is 1. The van der Waals surface area contributed by atoms with E-state index in [1.165, 1.54) is 6.92 Å². The molecule has 0 spiro atoms. The molecule has 17 heavy (non-hydrogen) atoms. The molecule has 0 amide bonds. The number of ether oxygens (including phenoxy) is 1. The van der Waals surface area contributed by atoms with Crippen molar-refractivity contribution in [1.29, 1.82) is 0 Å². The van der Waals surface area contributed by atoms with E-state index in [2.05, 4.69) is 4.98 Å². The number of carbonyl (C=O) groups excluding carboxylic acids is 1. The standard InChI is InChI=1S/C12H9NO4/c1-7(14)16-6-9-4-10-11-8(2-3-15-11)5-13-12(10)17-9/h2-5H,6H2,1H3. The number of aromatic nitrogens is 1. The van der Waals surface area contributed by atoms with Gasteiger partial charge in [-0.15, -0.1) is 0 Å². The molecular weight excluding hydrogens is 222 g/mol. The predicted octanol–water partition coefficient (Wildman–Crippen LogP) is 2.64. The summed E-state index contributed by atoms with van der Waals surface area (Å²) in [7, 11) is 0. The lowest BCUT2D eigenvalue weighted by atomic mass is 10.2. The van der Waals surface area contributed by atoms with Gasteiger partial charge in [-0.1, -0.05) is 0 Å². The van der Waals surface area contributed by atoms with Crippen LogP contribution in [0.1, 0.15) is 12.7 Å². The molecule has 0 aromatic carbocycles. The summed E-state index contributed by atoms with van der Waals surface area (Å²) >= 11 is 0. The van der Waals surface area contributed by atoms with E-state index >= 15 is 0 Å². The normalized spacial score (nSPS) is 11.1. The maximum Gasteiger partial charge on any atom is 0.303 e. The van der Waals surface area contributed by atoms with E-state index in [0.29, 0.717) is 11.5 Å². The average molecular weight is 231 g/mol. The molecule has 0 fully saturated rings. The van der Waals surface area contributed by atoms with Gasteiger partial charge in [-0.2, -0.15) is 0 Å². The van der Waals surface area contributed by atoms with Crippen molar-refractivity contribution in [2.75, 3.05) is 0 Å². The number of fused-ring (bicyclic) bond motifs is 3. The van der Waals surface area contributed by atoms with Crippen LogP contribution in [0.25, 0.3) is 22.1 Å². The Kier molecular flexibility index (Phi) is 2.11. The average Bonchev–Trinajstić information content (AvgIpc) is 2.91. The molecule has 3 aromatic rings. The summed E-state index contributed by atoms with van der Waals surface area (Å²) in [6.45, 7) is 1.46. The van der Waals surface area contributed by atoms with Crippen LogP contribution in [0.5, 0.6) is 0 Å². The van der Waals surface area contributed by atoms with E-state index in [1.54, 1.807) is 18.5 Å². The van der Waals surface area contributed by atoms with E-state index in [0.717, 1.165) is 16.4 Å². The fraction of sp³-hybridized carbons (Fsp3) is 0.167. The van der Waals surface area contributed by atoms with Crippen molar-refractivity contribution in [3.63, 3.8) is 0 Å². The van der Waals surface area contributed by atoms with Crippen molar-refractivity contribution in [3.8, 4) is 0 Å². The van der Waals surface area contributed by atoms with Crippen molar-refractivity contribution >= 4 is 28.0 Å². The van der Waals surface area contributed by atoms with Crippen LogP contribution in [0.2, 0.25) is 0 Å². The highest BCUT2D eigenvalue weighted by molar-refractivity contribution is 6.00. The molecule has 3 aromatic heterocycles. The minimum atomic E-state index is -0.346. The van der Waals surface area contributed by atoms with Gasteiger partial charge in [-0.05, 0) is 12.1 Å². The molecule has 0 atom stereocenters. The second kappa shape index (κ2) is 3.62. The molecule has 5 nitrogen and oxygen atoms in total. The first-order chi connectivity index (χ1) is 8.24. The Hall–Kier alpha value is -2.30. The molecular formula is C12H9NO4. The molecule has 0 aliphatic rings. The van der Waals surface area contributed by atoms with E-state index in [1.807, 2.05) is 6.07 Å². The monoisotopic (exact) mass is 231 g/mol. The number of nitrogens with zero attached hydrogens (tertiary/aromatic N) is 1. The van der Waals surface area contributed by atoms with E-state index in [4.69, 9.17) is 13.6 Å². The van der Waals surface area contributed by atoms with Crippen LogP contribution in [0.15, 0.2) is 33.4 Å². The number of hydrogen-bond acceptors (Lipinski definition) is 5. The molecule has 0 unspecified atom stereocenters. The van der Waals surface area contributed by atoms with Crippen molar-refractivity contribution in [2.45, 2.75) is 13.5 Å². The molecule has 0 radical (unpaired) electrons. The summed E-state index contributed by atoms with van der Waals surface area (Å²) < 4.78 is 15.7. The fourth-order valence-electron chi connectivity index (χ4n) is 1.70. The van der Waals surface area contributed by atoms with Gasteiger partial charge in [0, 0.05) is 18.5 Å². The minimum Gasteiger partial charge on any atom is -0.463 e. The Bertz CT molecular complexity index is 695. The highest BCUT2D eigenvalue weighted by Crippen LogP contribution is 2.27. The third kappa shape index (κ3) is 1.65. The van der Waals surface area contributed by atoms with Gasteiger partial charge in [0.2, 0.25) is 5.71 Å². The van der Waals surface area contributed by atoms with Crippen LogP contribution in [0, 0.1) is 0 Å². The fourth-order valence-corrected chi connectivity index (χ4v) is 1.70. The highest BCUT2D eigenvalue weighted by atomic mass is 16.5. The lowest BCUT2D eigenvalue weighted by Crippen LogP contribution is -1.97. The predicted molar refractivity (Wildman–Crippen MR) is 59.3 cm³/mol. The summed E-state index contributed by atoms with van der Waals surface area (Å²) in [5.74, 6) is 0.202.